The van der Waals surface area contributed by atoms with E-state index in [1.165, 1.54) is 26.2 Å². The molecule has 1 aromatic carbocycles. The maximum absolute atomic E-state index is 14.2. The van der Waals surface area contributed by atoms with E-state index in [4.69, 9.17) is 35.3 Å². The smallest absolute Gasteiger partial charge is 0.409 e. The van der Waals surface area contributed by atoms with Gasteiger partial charge in [-0.2, -0.15) is 12.6 Å². The summed E-state index contributed by atoms with van der Waals surface area (Å²) in [7, 11) is 4.45. The van der Waals surface area contributed by atoms with E-state index in [0.717, 1.165) is 11.1 Å². The number of ether oxygens (including phenoxy) is 5. The molecule has 3 aliphatic rings. The van der Waals surface area contributed by atoms with Crippen LogP contribution < -0.4 is 10.1 Å². The van der Waals surface area contributed by atoms with Crippen LogP contribution in [0.5, 0.6) is 5.75 Å². The zero-order valence-corrected chi connectivity index (χ0v) is 33.3. The monoisotopic (exact) mass is 764 g/mol. The van der Waals surface area contributed by atoms with Gasteiger partial charge >= 0.3 is 12.1 Å². The Kier molecular flexibility index (Phi) is 12.9. The number of aliphatic hydroxyl groups is 1. The molecule has 4 rings (SSSR count). The van der Waals surface area contributed by atoms with Crippen LogP contribution in [0.4, 0.5) is 4.79 Å². The predicted octanol–water partition coefficient (Wildman–Crippen LogP) is 5.32. The molecule has 12 nitrogen and oxygen atoms in total. The van der Waals surface area contributed by atoms with E-state index >= 15 is 0 Å². The number of fused-ring (bicyclic) bond motifs is 5. The van der Waals surface area contributed by atoms with E-state index in [1.807, 2.05) is 25.1 Å². The van der Waals surface area contributed by atoms with Crippen LogP contribution in [-0.4, -0.2) is 102 Å². The highest BCUT2D eigenvalue weighted by atomic mass is 35.5. The van der Waals surface area contributed by atoms with Gasteiger partial charge in [0, 0.05) is 50.0 Å². The number of hydrogen-bond donors (Lipinski definition) is 3. The molecule has 0 saturated carbocycles. The van der Waals surface area contributed by atoms with Crippen molar-refractivity contribution in [2.45, 2.75) is 127 Å². The normalized spacial score (nSPS) is 33.3. The number of rotatable bonds is 7. The number of alkyl carbamates (subject to hydrolysis) is 1. The largest absolute Gasteiger partial charge is 0.495 e. The standard InChI is InChI=1S/C38H53ClN2O10S/c1-20-12-11-13-29(48-10)38(46)18-28(49-35(45)40-38)22(3)33-37(7,51-33)30(50-34(44)23(4)41(8)31(43)19-36(5,6)52)17-26(42)21(2)25-15-24(14-20)16-27(47-9)32(25)39/h11-13,15-16,21-23,28-30,33,46,52H,14,17-19H2,1-10H3,(H,40,45)/b13-11+,20-12+/t21?,22-,23+,28+,29-,30+,33+,37+,38+/m1/s1. The highest BCUT2D eigenvalue weighted by Crippen LogP contribution is 2.49. The van der Waals surface area contributed by atoms with Gasteiger partial charge in [0.1, 0.15) is 41.5 Å². The Labute approximate surface area is 316 Å². The molecule has 2 heterocycles. The van der Waals surface area contributed by atoms with Gasteiger partial charge in [-0.1, -0.05) is 69.2 Å². The summed E-state index contributed by atoms with van der Waals surface area (Å²) in [5.41, 5.74) is -0.665. The SMILES string of the molecule is COc1cc2cc(c1Cl)C(C)C(=O)C[C@H](OC(=O)[C@H](C)N(C)C(=O)CC(C)(C)S)[C@]1(C)O[C@H]1[C@H](C)[C@@H]1C[C@@](O)(NC(=O)O1)[C@H](OC)/C=C/C=C(\C)C2. The number of epoxide rings is 1. The minimum Gasteiger partial charge on any atom is -0.495 e. The molecule has 14 heteroatoms. The molecule has 0 aromatic heterocycles. The lowest BCUT2D eigenvalue weighted by molar-refractivity contribution is -0.162. The summed E-state index contributed by atoms with van der Waals surface area (Å²) < 4.78 is 28.7. The molecular weight excluding hydrogens is 712 g/mol. The number of Topliss-reactive ketones (excluding diaryl/α,β-unsaturated/α-hetero) is 1. The molecule has 2 N–H and O–H groups in total. The van der Waals surface area contributed by atoms with Crippen LogP contribution in [0.1, 0.15) is 84.8 Å². The molecule has 2 amide bonds. The van der Waals surface area contributed by atoms with Crippen LogP contribution in [-0.2, 0) is 39.8 Å². The number of carbonyl (C=O) groups excluding carboxylic acids is 4. The molecule has 4 bridgehead atoms. The van der Waals surface area contributed by atoms with E-state index in [2.05, 4.69) is 17.9 Å². The first kappa shape index (κ1) is 41.7. The van der Waals surface area contributed by atoms with Gasteiger partial charge in [-0.05, 0) is 44.4 Å². The third-order valence-corrected chi connectivity index (χ3v) is 11.0. The van der Waals surface area contributed by atoms with E-state index < -0.39 is 70.4 Å². The van der Waals surface area contributed by atoms with Crippen LogP contribution in [0.25, 0.3) is 0 Å². The summed E-state index contributed by atoms with van der Waals surface area (Å²) >= 11 is 11.2. The Morgan fingerprint density at radius 2 is 1.90 bits per heavy atom. The summed E-state index contributed by atoms with van der Waals surface area (Å²) in [6.45, 7) is 12.4. The summed E-state index contributed by atoms with van der Waals surface area (Å²) in [5.74, 6) is -2.12. The number of hydrogen-bond acceptors (Lipinski definition) is 11. The molecule has 0 spiro atoms. The number of likely N-dealkylation sites (N-methyl/N-ethyl adjacent to an activating group) is 1. The molecule has 1 aliphatic carbocycles. The molecule has 0 radical (unpaired) electrons. The molecule has 2 saturated heterocycles. The second kappa shape index (κ2) is 16.1. The Balaban J connectivity index is 1.76. The van der Waals surface area contributed by atoms with Gasteiger partial charge in [0.15, 0.2) is 5.72 Å². The second-order valence-corrected chi connectivity index (χ2v) is 16.8. The Bertz CT molecular complexity index is 1610. The van der Waals surface area contributed by atoms with Gasteiger partial charge < -0.3 is 33.7 Å². The van der Waals surface area contributed by atoms with Crippen molar-refractivity contribution in [2.75, 3.05) is 21.3 Å². The fourth-order valence-corrected chi connectivity index (χ4v) is 7.41. The highest BCUT2D eigenvalue weighted by molar-refractivity contribution is 7.81. The lowest BCUT2D eigenvalue weighted by Gasteiger charge is -2.42. The van der Waals surface area contributed by atoms with Crippen molar-refractivity contribution in [3.63, 3.8) is 0 Å². The molecular formula is C38H53ClN2O10S. The number of carbonyl (C=O) groups is 4. The number of thiol groups is 1. The van der Waals surface area contributed by atoms with E-state index in [9.17, 15) is 24.3 Å². The maximum atomic E-state index is 14.2. The van der Waals surface area contributed by atoms with Crippen molar-refractivity contribution < 1.29 is 48.0 Å². The number of halogens is 1. The van der Waals surface area contributed by atoms with E-state index in [0.29, 0.717) is 22.8 Å². The van der Waals surface area contributed by atoms with Gasteiger partial charge in [0.2, 0.25) is 5.91 Å². The average Bonchev–Trinajstić information content (AvgIpc) is 3.75. The number of amides is 2. The fourth-order valence-electron chi connectivity index (χ4n) is 6.93. The minimum atomic E-state index is -1.82. The van der Waals surface area contributed by atoms with Crippen LogP contribution in [0.3, 0.4) is 0 Å². The Hall–Kier alpha value is -3.10. The van der Waals surface area contributed by atoms with Gasteiger partial charge in [-0.15, -0.1) is 0 Å². The van der Waals surface area contributed by atoms with Gasteiger partial charge in [0.25, 0.3) is 0 Å². The summed E-state index contributed by atoms with van der Waals surface area (Å²) in [6, 6.07) is 2.69. The van der Waals surface area contributed by atoms with Crippen molar-refractivity contribution in [1.29, 1.82) is 0 Å². The predicted molar refractivity (Wildman–Crippen MR) is 199 cm³/mol. The summed E-state index contributed by atoms with van der Waals surface area (Å²) in [4.78, 5) is 55.0. The van der Waals surface area contributed by atoms with E-state index in [1.54, 1.807) is 53.7 Å². The van der Waals surface area contributed by atoms with Gasteiger partial charge in [-0.25, -0.2) is 9.59 Å². The molecule has 1 unspecified atom stereocenters. The van der Waals surface area contributed by atoms with Crippen molar-refractivity contribution in [1.82, 2.24) is 10.2 Å². The van der Waals surface area contributed by atoms with Crippen molar-refractivity contribution in [3.05, 3.63) is 52.1 Å². The Morgan fingerprint density at radius 3 is 2.52 bits per heavy atom. The number of esters is 1. The zero-order valence-electron chi connectivity index (χ0n) is 31.7. The molecule has 2 aliphatic heterocycles. The molecule has 288 valence electrons. The molecule has 2 fully saturated rings. The fraction of sp³-hybridized carbons (Fsp3) is 0.632. The zero-order chi connectivity index (χ0) is 38.9. The van der Waals surface area contributed by atoms with Gasteiger partial charge in [-0.3, -0.25) is 14.9 Å². The lowest BCUT2D eigenvalue weighted by Crippen LogP contribution is -2.63. The highest BCUT2D eigenvalue weighted by Gasteiger charge is 2.64. The van der Waals surface area contributed by atoms with Crippen molar-refractivity contribution >= 4 is 48.0 Å². The number of benzene rings is 1. The third-order valence-electron chi connectivity index (χ3n) is 10.4. The number of nitrogens with one attached hydrogen (secondary N) is 1. The molecule has 9 atom stereocenters. The average molecular weight is 765 g/mol. The van der Waals surface area contributed by atoms with Crippen LogP contribution >= 0.6 is 24.2 Å². The van der Waals surface area contributed by atoms with E-state index in [-0.39, 0.29) is 31.0 Å². The number of nitrogens with zero attached hydrogens (tertiary/aromatic N) is 1. The first-order valence-electron chi connectivity index (χ1n) is 17.5. The number of ketones is 1. The van der Waals surface area contributed by atoms with Crippen LogP contribution in [0.2, 0.25) is 5.02 Å². The lowest BCUT2D eigenvalue weighted by atomic mass is 9.82. The summed E-state index contributed by atoms with van der Waals surface area (Å²) in [5, 5.41) is 14.5. The second-order valence-electron chi connectivity index (χ2n) is 15.2. The third kappa shape index (κ3) is 9.33. The number of methoxy groups -OCH3 is 2. The minimum absolute atomic E-state index is 0.0443. The molecule has 52 heavy (non-hydrogen) atoms. The molecule has 1 aromatic rings. The van der Waals surface area contributed by atoms with Crippen molar-refractivity contribution in [2.24, 2.45) is 5.92 Å². The maximum Gasteiger partial charge on any atom is 0.409 e. The van der Waals surface area contributed by atoms with Gasteiger partial charge in [0.05, 0.1) is 18.2 Å². The first-order chi connectivity index (χ1) is 24.1. The number of allylic oxidation sites excluding steroid dienone is 3. The van der Waals surface area contributed by atoms with Crippen LogP contribution in [0.15, 0.2) is 35.9 Å². The first-order valence-corrected chi connectivity index (χ1v) is 18.3. The van der Waals surface area contributed by atoms with Crippen LogP contribution in [0, 0.1) is 5.92 Å². The quantitative estimate of drug-likeness (QED) is 0.189. The topological polar surface area (TPSA) is 153 Å². The van der Waals surface area contributed by atoms with Crippen molar-refractivity contribution in [3.8, 4) is 5.75 Å². The summed E-state index contributed by atoms with van der Waals surface area (Å²) in [6.07, 6.45) is 1.22. The Morgan fingerprint density at radius 1 is 1.23 bits per heavy atom.